The molecule has 0 amide bonds. The van der Waals surface area contributed by atoms with Gasteiger partial charge in [0.1, 0.15) is 5.75 Å². The number of hydrogen-bond acceptors (Lipinski definition) is 4. The molecule has 1 saturated heterocycles. The van der Waals surface area contributed by atoms with Crippen molar-refractivity contribution in [3.8, 4) is 5.75 Å². The Labute approximate surface area is 132 Å². The predicted molar refractivity (Wildman–Crippen MR) is 86.3 cm³/mol. The Kier molecular flexibility index (Phi) is 6.30. The van der Waals surface area contributed by atoms with Crippen LogP contribution in [0, 0.1) is 0 Å². The third-order valence-electron chi connectivity index (χ3n) is 3.89. The van der Waals surface area contributed by atoms with Gasteiger partial charge in [-0.15, -0.1) is 0 Å². The van der Waals surface area contributed by atoms with Crippen molar-refractivity contribution in [3.63, 3.8) is 0 Å². The molecular formula is C16H25ClN2O2. The molecule has 1 aliphatic rings. The Balaban J connectivity index is 2.30. The van der Waals surface area contributed by atoms with Gasteiger partial charge in [-0.3, -0.25) is 4.90 Å². The summed E-state index contributed by atoms with van der Waals surface area (Å²) in [4.78, 5) is 2.49. The van der Waals surface area contributed by atoms with Gasteiger partial charge >= 0.3 is 0 Å². The Morgan fingerprint density at radius 2 is 2.29 bits per heavy atom. The molecule has 0 aromatic heterocycles. The van der Waals surface area contributed by atoms with Crippen molar-refractivity contribution >= 4 is 11.6 Å². The number of likely N-dealkylation sites (N-methyl/N-ethyl adjacent to an activating group) is 1. The van der Waals surface area contributed by atoms with Gasteiger partial charge in [-0.25, -0.2) is 0 Å². The molecule has 0 bridgehead atoms. The molecule has 1 aliphatic heterocycles. The zero-order chi connectivity index (χ0) is 15.2. The van der Waals surface area contributed by atoms with E-state index >= 15 is 0 Å². The van der Waals surface area contributed by atoms with Gasteiger partial charge in [0.25, 0.3) is 0 Å². The summed E-state index contributed by atoms with van der Waals surface area (Å²) in [5, 5.41) is 3.88. The summed E-state index contributed by atoms with van der Waals surface area (Å²) in [6.45, 7) is 5.85. The Bertz CT molecular complexity index is 438. The third-order valence-corrected chi connectivity index (χ3v) is 4.18. The Hall–Kier alpha value is -0.810. The van der Waals surface area contributed by atoms with Crippen molar-refractivity contribution in [1.29, 1.82) is 0 Å². The lowest BCUT2D eigenvalue weighted by Gasteiger charge is -2.41. The van der Waals surface area contributed by atoms with E-state index in [1.165, 1.54) is 5.56 Å². The van der Waals surface area contributed by atoms with Gasteiger partial charge in [0.2, 0.25) is 0 Å². The van der Waals surface area contributed by atoms with E-state index in [4.69, 9.17) is 21.1 Å². The van der Waals surface area contributed by atoms with Crippen molar-refractivity contribution in [3.05, 3.63) is 28.8 Å². The highest BCUT2D eigenvalue weighted by atomic mass is 35.5. The lowest BCUT2D eigenvalue weighted by molar-refractivity contribution is -0.0704. The zero-order valence-electron chi connectivity index (χ0n) is 13.1. The van der Waals surface area contributed by atoms with Crippen LogP contribution in [-0.4, -0.2) is 51.4 Å². The van der Waals surface area contributed by atoms with Gasteiger partial charge in [-0.1, -0.05) is 24.6 Å². The minimum Gasteiger partial charge on any atom is -0.495 e. The molecule has 5 heteroatoms. The van der Waals surface area contributed by atoms with Crippen LogP contribution in [0.25, 0.3) is 0 Å². The van der Waals surface area contributed by atoms with E-state index in [9.17, 15) is 0 Å². The molecule has 2 atom stereocenters. The first-order valence-corrected chi connectivity index (χ1v) is 7.92. The minimum atomic E-state index is 0.139. The molecule has 0 spiro atoms. The molecule has 0 saturated carbocycles. The molecule has 1 aromatic carbocycles. The van der Waals surface area contributed by atoms with E-state index in [0.717, 1.165) is 32.7 Å². The van der Waals surface area contributed by atoms with Gasteiger partial charge in [0.15, 0.2) is 0 Å². The highest BCUT2D eigenvalue weighted by Gasteiger charge is 2.33. The Morgan fingerprint density at radius 3 is 2.90 bits per heavy atom. The monoisotopic (exact) mass is 312 g/mol. The van der Waals surface area contributed by atoms with Gasteiger partial charge in [0.05, 0.1) is 30.9 Å². The van der Waals surface area contributed by atoms with E-state index in [1.807, 2.05) is 19.2 Å². The van der Waals surface area contributed by atoms with Gasteiger partial charge in [-0.2, -0.15) is 0 Å². The van der Waals surface area contributed by atoms with Crippen LogP contribution in [0.4, 0.5) is 0 Å². The second-order valence-corrected chi connectivity index (χ2v) is 5.75. The maximum atomic E-state index is 6.30. The Morgan fingerprint density at radius 1 is 1.48 bits per heavy atom. The summed E-state index contributed by atoms with van der Waals surface area (Å²) in [6.07, 6.45) is 1.27. The summed E-state index contributed by atoms with van der Waals surface area (Å²) in [6, 6.07) is 6.27. The van der Waals surface area contributed by atoms with E-state index in [2.05, 4.69) is 23.2 Å². The fourth-order valence-corrected chi connectivity index (χ4v) is 3.25. The maximum absolute atomic E-state index is 6.30. The molecular weight excluding hydrogens is 288 g/mol. The molecule has 2 rings (SSSR count). The first-order valence-electron chi connectivity index (χ1n) is 7.55. The fourth-order valence-electron chi connectivity index (χ4n) is 2.99. The van der Waals surface area contributed by atoms with Crippen molar-refractivity contribution in [2.45, 2.75) is 25.5 Å². The van der Waals surface area contributed by atoms with Crippen LogP contribution in [0.2, 0.25) is 5.02 Å². The summed E-state index contributed by atoms with van der Waals surface area (Å²) in [5.41, 5.74) is 1.19. The number of halogens is 1. The first-order chi connectivity index (χ1) is 10.2. The van der Waals surface area contributed by atoms with Crippen LogP contribution in [0.15, 0.2) is 18.2 Å². The number of hydrogen-bond donors (Lipinski definition) is 1. The highest BCUT2D eigenvalue weighted by molar-refractivity contribution is 6.32. The van der Waals surface area contributed by atoms with Crippen LogP contribution in [-0.2, 0) is 4.74 Å². The molecule has 0 radical (unpaired) electrons. The number of rotatable bonds is 6. The number of nitrogens with one attached hydrogen (secondary N) is 1. The topological polar surface area (TPSA) is 33.7 Å². The molecule has 1 N–H and O–H groups in total. The summed E-state index contributed by atoms with van der Waals surface area (Å²) < 4.78 is 11.2. The highest BCUT2D eigenvalue weighted by Crippen LogP contribution is 2.34. The standard InChI is InChI=1S/C16H25ClN2O2/c1-4-7-19-8-9-21-15(11-18-2)16(19)12-5-6-14(20-3)13(17)10-12/h5-6,10,15-16,18H,4,7-9,11H2,1-3H3. The quantitative estimate of drug-likeness (QED) is 0.876. The smallest absolute Gasteiger partial charge is 0.137 e. The van der Waals surface area contributed by atoms with Crippen molar-refractivity contribution < 1.29 is 9.47 Å². The normalized spacial score (nSPS) is 23.2. The SMILES string of the molecule is CCCN1CCOC(CNC)C1c1ccc(OC)c(Cl)c1. The van der Waals surface area contributed by atoms with Crippen LogP contribution in [0.3, 0.4) is 0 Å². The number of methoxy groups -OCH3 is 1. The average molecular weight is 313 g/mol. The molecule has 1 aromatic rings. The third kappa shape index (κ3) is 3.89. The van der Waals surface area contributed by atoms with Gasteiger partial charge in [-0.05, 0) is 37.7 Å². The summed E-state index contributed by atoms with van der Waals surface area (Å²) >= 11 is 6.30. The van der Waals surface area contributed by atoms with Crippen LogP contribution >= 0.6 is 11.6 Å². The largest absolute Gasteiger partial charge is 0.495 e. The van der Waals surface area contributed by atoms with Gasteiger partial charge in [0, 0.05) is 13.1 Å². The zero-order valence-corrected chi connectivity index (χ0v) is 13.8. The van der Waals surface area contributed by atoms with Crippen molar-refractivity contribution in [2.24, 2.45) is 0 Å². The molecule has 0 aliphatic carbocycles. The van der Waals surface area contributed by atoms with E-state index in [0.29, 0.717) is 10.8 Å². The van der Waals surface area contributed by atoms with E-state index < -0.39 is 0 Å². The number of nitrogens with zero attached hydrogens (tertiary/aromatic N) is 1. The van der Waals surface area contributed by atoms with Crippen molar-refractivity contribution in [1.82, 2.24) is 10.2 Å². The number of benzene rings is 1. The van der Waals surface area contributed by atoms with Crippen LogP contribution < -0.4 is 10.1 Å². The number of ether oxygens (including phenoxy) is 2. The molecule has 118 valence electrons. The second kappa shape index (κ2) is 7.99. The average Bonchev–Trinajstić information content (AvgIpc) is 2.48. The fraction of sp³-hybridized carbons (Fsp3) is 0.625. The van der Waals surface area contributed by atoms with E-state index in [1.54, 1.807) is 7.11 Å². The van der Waals surface area contributed by atoms with Crippen LogP contribution in [0.5, 0.6) is 5.75 Å². The molecule has 21 heavy (non-hydrogen) atoms. The molecule has 2 unspecified atom stereocenters. The maximum Gasteiger partial charge on any atom is 0.137 e. The number of morpholine rings is 1. The summed E-state index contributed by atoms with van der Waals surface area (Å²) in [7, 11) is 3.60. The molecule has 4 nitrogen and oxygen atoms in total. The minimum absolute atomic E-state index is 0.139. The van der Waals surface area contributed by atoms with Crippen molar-refractivity contribution in [2.75, 3.05) is 40.4 Å². The van der Waals surface area contributed by atoms with E-state index in [-0.39, 0.29) is 12.1 Å². The van der Waals surface area contributed by atoms with Crippen LogP contribution in [0.1, 0.15) is 24.9 Å². The lowest BCUT2D eigenvalue weighted by Crippen LogP contribution is -2.48. The molecule has 1 heterocycles. The summed E-state index contributed by atoms with van der Waals surface area (Å²) in [5.74, 6) is 0.712. The predicted octanol–water partition coefficient (Wildman–Crippen LogP) is 2.72. The first kappa shape index (κ1) is 16.6. The van der Waals surface area contributed by atoms with Gasteiger partial charge < -0.3 is 14.8 Å². The molecule has 1 fully saturated rings. The lowest BCUT2D eigenvalue weighted by atomic mass is 9.97. The second-order valence-electron chi connectivity index (χ2n) is 5.34.